The summed E-state index contributed by atoms with van der Waals surface area (Å²) < 4.78 is 0.656. The van der Waals surface area contributed by atoms with E-state index >= 15 is 0 Å². The number of carbonyl (C=O) groups excluding carboxylic acids is 1. The molecule has 3 rings (SSSR count). The van der Waals surface area contributed by atoms with Gasteiger partial charge in [-0.15, -0.1) is 0 Å². The zero-order valence-corrected chi connectivity index (χ0v) is 11.3. The minimum Gasteiger partial charge on any atom is -0.361 e. The molecular formula is C12H11N3OS2. The maximum absolute atomic E-state index is 12.0. The zero-order valence-electron chi connectivity index (χ0n) is 9.71. The standard InChI is InChI=1S/C12H11N3OS2/c1-15-11(16)10(18-12(15)17)4-7-5-14-9-2-3-13-6-8(7)9/h2-3,5-6,10,14H,4H2,1H3. The van der Waals surface area contributed by atoms with Gasteiger partial charge in [-0.3, -0.25) is 14.7 Å². The fourth-order valence-corrected chi connectivity index (χ4v) is 3.53. The fourth-order valence-electron chi connectivity index (χ4n) is 2.07. The predicted octanol–water partition coefficient (Wildman–Crippen LogP) is 1.96. The fraction of sp³-hybridized carbons (Fsp3) is 0.250. The van der Waals surface area contributed by atoms with E-state index in [4.69, 9.17) is 12.2 Å². The second-order valence-electron chi connectivity index (χ2n) is 4.21. The summed E-state index contributed by atoms with van der Waals surface area (Å²) in [4.78, 5) is 20.8. The number of aromatic nitrogens is 2. The predicted molar refractivity (Wildman–Crippen MR) is 76.5 cm³/mol. The summed E-state index contributed by atoms with van der Waals surface area (Å²) in [5, 5.41) is 0.966. The van der Waals surface area contributed by atoms with Crippen LogP contribution < -0.4 is 0 Å². The van der Waals surface area contributed by atoms with Gasteiger partial charge in [0.2, 0.25) is 5.91 Å². The van der Waals surface area contributed by atoms with Crippen LogP contribution in [-0.2, 0) is 11.2 Å². The third kappa shape index (κ3) is 1.81. The van der Waals surface area contributed by atoms with Gasteiger partial charge in [0, 0.05) is 36.5 Å². The number of carbonyl (C=O) groups is 1. The van der Waals surface area contributed by atoms with E-state index in [0.717, 1.165) is 16.5 Å². The highest BCUT2D eigenvalue weighted by molar-refractivity contribution is 8.24. The molecule has 3 heterocycles. The van der Waals surface area contributed by atoms with E-state index in [2.05, 4.69) is 9.97 Å². The molecule has 1 atom stereocenters. The number of thioether (sulfide) groups is 1. The molecular weight excluding hydrogens is 266 g/mol. The molecule has 0 bridgehead atoms. The van der Waals surface area contributed by atoms with Crippen LogP contribution in [0.4, 0.5) is 0 Å². The lowest BCUT2D eigenvalue weighted by Gasteiger charge is -2.07. The second-order valence-corrected chi connectivity index (χ2v) is 6.05. The number of pyridine rings is 1. The van der Waals surface area contributed by atoms with Crippen LogP contribution in [0.3, 0.4) is 0 Å². The van der Waals surface area contributed by atoms with E-state index in [9.17, 15) is 4.79 Å². The van der Waals surface area contributed by atoms with Crippen molar-refractivity contribution in [3.05, 3.63) is 30.2 Å². The molecule has 1 aliphatic heterocycles. The van der Waals surface area contributed by atoms with Gasteiger partial charge in [0.05, 0.1) is 5.25 Å². The summed E-state index contributed by atoms with van der Waals surface area (Å²) in [6.07, 6.45) is 6.20. The summed E-state index contributed by atoms with van der Waals surface area (Å²) in [5.74, 6) is 0.0863. The molecule has 18 heavy (non-hydrogen) atoms. The van der Waals surface area contributed by atoms with Crippen molar-refractivity contribution in [3.63, 3.8) is 0 Å². The molecule has 0 aliphatic carbocycles. The average Bonchev–Trinajstić information content (AvgIpc) is 2.89. The third-order valence-corrected chi connectivity index (χ3v) is 4.79. The monoisotopic (exact) mass is 277 g/mol. The van der Waals surface area contributed by atoms with Gasteiger partial charge in [0.25, 0.3) is 0 Å². The van der Waals surface area contributed by atoms with Crippen LogP contribution in [0.5, 0.6) is 0 Å². The van der Waals surface area contributed by atoms with Gasteiger partial charge in [-0.25, -0.2) is 0 Å². The molecule has 2 aromatic rings. The number of rotatable bonds is 2. The molecule has 0 radical (unpaired) electrons. The lowest BCUT2D eigenvalue weighted by molar-refractivity contribution is -0.125. The molecule has 0 spiro atoms. The van der Waals surface area contributed by atoms with Gasteiger partial charge in [-0.05, 0) is 18.1 Å². The smallest absolute Gasteiger partial charge is 0.241 e. The average molecular weight is 277 g/mol. The SMILES string of the molecule is CN1C(=O)C(Cc2c[nH]c3ccncc23)SC1=S. The first kappa shape index (κ1) is 11.7. The molecule has 2 aromatic heterocycles. The summed E-state index contributed by atoms with van der Waals surface area (Å²) in [5.41, 5.74) is 2.16. The first-order valence-electron chi connectivity index (χ1n) is 5.55. The Morgan fingerprint density at radius 1 is 1.61 bits per heavy atom. The van der Waals surface area contributed by atoms with Crippen LogP contribution in [0.1, 0.15) is 5.56 Å². The quantitative estimate of drug-likeness (QED) is 0.853. The van der Waals surface area contributed by atoms with Crippen molar-refractivity contribution in [3.8, 4) is 0 Å². The third-order valence-electron chi connectivity index (χ3n) is 3.10. The van der Waals surface area contributed by atoms with Gasteiger partial charge in [0.15, 0.2) is 0 Å². The maximum Gasteiger partial charge on any atom is 0.241 e. The highest BCUT2D eigenvalue weighted by Gasteiger charge is 2.34. The number of nitrogens with one attached hydrogen (secondary N) is 1. The normalized spacial score (nSPS) is 20.1. The van der Waals surface area contributed by atoms with E-state index < -0.39 is 0 Å². The first-order valence-corrected chi connectivity index (χ1v) is 6.84. The molecule has 1 saturated heterocycles. The van der Waals surface area contributed by atoms with E-state index in [1.165, 1.54) is 11.8 Å². The van der Waals surface area contributed by atoms with E-state index in [-0.39, 0.29) is 11.2 Å². The molecule has 6 heteroatoms. The molecule has 1 N–H and O–H groups in total. The number of hydrogen-bond donors (Lipinski definition) is 1. The summed E-state index contributed by atoms with van der Waals surface area (Å²) in [7, 11) is 1.73. The van der Waals surface area contributed by atoms with Crippen molar-refractivity contribution in [1.29, 1.82) is 0 Å². The molecule has 0 saturated carbocycles. The Morgan fingerprint density at radius 3 is 3.17 bits per heavy atom. The Balaban J connectivity index is 1.89. The van der Waals surface area contributed by atoms with Crippen LogP contribution in [0.25, 0.3) is 10.9 Å². The van der Waals surface area contributed by atoms with Gasteiger partial charge in [0.1, 0.15) is 4.32 Å². The number of aromatic amines is 1. The van der Waals surface area contributed by atoms with Gasteiger partial charge in [-0.1, -0.05) is 24.0 Å². The van der Waals surface area contributed by atoms with Crippen molar-refractivity contribution in [1.82, 2.24) is 14.9 Å². The Bertz CT molecular complexity index is 637. The van der Waals surface area contributed by atoms with E-state index in [1.807, 2.05) is 18.5 Å². The minimum absolute atomic E-state index is 0.0863. The Morgan fingerprint density at radius 2 is 2.44 bits per heavy atom. The van der Waals surface area contributed by atoms with Gasteiger partial charge in [-0.2, -0.15) is 0 Å². The van der Waals surface area contributed by atoms with Crippen molar-refractivity contribution >= 4 is 45.1 Å². The van der Waals surface area contributed by atoms with E-state index in [1.54, 1.807) is 18.1 Å². The number of nitrogens with zero attached hydrogens (tertiary/aromatic N) is 2. The molecule has 92 valence electrons. The molecule has 0 aromatic carbocycles. The van der Waals surface area contributed by atoms with Crippen LogP contribution in [-0.4, -0.2) is 37.4 Å². The van der Waals surface area contributed by atoms with Crippen molar-refractivity contribution in [2.45, 2.75) is 11.7 Å². The summed E-state index contributed by atoms with van der Waals surface area (Å²) in [6, 6.07) is 1.93. The second kappa shape index (κ2) is 4.37. The molecule has 4 nitrogen and oxygen atoms in total. The van der Waals surface area contributed by atoms with E-state index in [0.29, 0.717) is 10.7 Å². The largest absolute Gasteiger partial charge is 0.361 e. The van der Waals surface area contributed by atoms with Crippen LogP contribution in [0, 0.1) is 0 Å². The van der Waals surface area contributed by atoms with Crippen LogP contribution >= 0.6 is 24.0 Å². The molecule has 1 amide bonds. The van der Waals surface area contributed by atoms with Crippen LogP contribution in [0.15, 0.2) is 24.7 Å². The topological polar surface area (TPSA) is 49.0 Å². The minimum atomic E-state index is -0.110. The van der Waals surface area contributed by atoms with Crippen LogP contribution in [0.2, 0.25) is 0 Å². The lowest BCUT2D eigenvalue weighted by atomic mass is 10.1. The number of fused-ring (bicyclic) bond motifs is 1. The van der Waals surface area contributed by atoms with Gasteiger partial charge >= 0.3 is 0 Å². The number of H-pyrrole nitrogens is 1. The summed E-state index contributed by atoms with van der Waals surface area (Å²) in [6.45, 7) is 0. The number of hydrogen-bond acceptors (Lipinski definition) is 4. The number of amides is 1. The zero-order chi connectivity index (χ0) is 12.7. The highest BCUT2D eigenvalue weighted by atomic mass is 32.2. The first-order chi connectivity index (χ1) is 8.66. The Labute approximate surface area is 114 Å². The maximum atomic E-state index is 12.0. The number of thiocarbonyl (C=S) groups is 1. The molecule has 1 unspecified atom stereocenters. The van der Waals surface area contributed by atoms with Crippen molar-refractivity contribution in [2.24, 2.45) is 0 Å². The van der Waals surface area contributed by atoms with Crippen molar-refractivity contribution in [2.75, 3.05) is 7.05 Å². The highest BCUT2D eigenvalue weighted by Crippen LogP contribution is 2.30. The van der Waals surface area contributed by atoms with Gasteiger partial charge < -0.3 is 4.98 Å². The van der Waals surface area contributed by atoms with Crippen molar-refractivity contribution < 1.29 is 4.79 Å². The Hall–Kier alpha value is -1.40. The molecule has 1 aliphatic rings. The molecule has 1 fully saturated rings. The summed E-state index contributed by atoms with van der Waals surface area (Å²) >= 11 is 6.60. The Kier molecular flexibility index (Phi) is 2.83. The lowest BCUT2D eigenvalue weighted by Crippen LogP contribution is -2.28.